The number of phenolic OH excluding ortho intramolecular Hbond substituents is 1. The van der Waals surface area contributed by atoms with Gasteiger partial charge < -0.3 is 15.6 Å². The van der Waals surface area contributed by atoms with E-state index in [1.54, 1.807) is 7.11 Å². The fraction of sp³-hybridized carbons (Fsp3) is 0.333. The molecule has 0 atom stereocenters. The molecule has 1 rings (SSSR count). The van der Waals surface area contributed by atoms with Crippen LogP contribution in [0.15, 0.2) is 12.1 Å². The number of benzene rings is 1. The van der Waals surface area contributed by atoms with Gasteiger partial charge in [0, 0.05) is 0 Å². The summed E-state index contributed by atoms with van der Waals surface area (Å²) in [6, 6.07) is 3.67. The number of methoxy groups -OCH3 is 1. The van der Waals surface area contributed by atoms with Crippen molar-refractivity contribution >= 4 is 0 Å². The van der Waals surface area contributed by atoms with Crippen molar-refractivity contribution in [3.63, 3.8) is 0 Å². The fourth-order valence-electron chi connectivity index (χ4n) is 1.17. The third-order valence-corrected chi connectivity index (χ3v) is 1.91. The van der Waals surface area contributed by atoms with Gasteiger partial charge in [0.25, 0.3) is 0 Å². The molecule has 3 nitrogen and oxygen atoms in total. The summed E-state index contributed by atoms with van der Waals surface area (Å²) in [4.78, 5) is 0. The number of quaternary nitrogens is 1. The Labute approximate surface area is 71.8 Å². The maximum atomic E-state index is 9.59. The molecule has 0 amide bonds. The zero-order valence-electron chi connectivity index (χ0n) is 7.42. The number of rotatable bonds is 2. The molecule has 0 aliphatic carbocycles. The molecular formula is C9H14NO2+. The lowest BCUT2D eigenvalue weighted by molar-refractivity contribution is -0.386. The van der Waals surface area contributed by atoms with E-state index in [9.17, 15) is 5.11 Å². The lowest BCUT2D eigenvalue weighted by Gasteiger charge is -2.08. The van der Waals surface area contributed by atoms with Crippen molar-refractivity contribution in [1.82, 2.24) is 0 Å². The summed E-state index contributed by atoms with van der Waals surface area (Å²) in [6.07, 6.45) is 0. The maximum absolute atomic E-state index is 9.59. The van der Waals surface area contributed by atoms with E-state index in [1.807, 2.05) is 19.1 Å². The summed E-state index contributed by atoms with van der Waals surface area (Å²) in [7, 11) is 1.59. The van der Waals surface area contributed by atoms with Gasteiger partial charge in [-0.2, -0.15) is 0 Å². The van der Waals surface area contributed by atoms with E-state index in [4.69, 9.17) is 4.74 Å². The third kappa shape index (κ3) is 1.36. The summed E-state index contributed by atoms with van der Waals surface area (Å²) in [5.74, 6) is 0.998. The highest BCUT2D eigenvalue weighted by Gasteiger charge is 2.10. The molecule has 0 saturated heterocycles. The average molecular weight is 168 g/mol. The van der Waals surface area contributed by atoms with Crippen molar-refractivity contribution in [1.29, 1.82) is 0 Å². The number of phenols is 1. The normalized spacial score (nSPS) is 9.92. The largest absolute Gasteiger partial charge is 0.507 e. The first kappa shape index (κ1) is 8.87. The predicted octanol–water partition coefficient (Wildman–Crippen LogP) is 0.451. The zero-order valence-corrected chi connectivity index (χ0v) is 7.42. The minimum atomic E-state index is 0.296. The quantitative estimate of drug-likeness (QED) is 0.673. The zero-order chi connectivity index (χ0) is 9.14. The van der Waals surface area contributed by atoms with Crippen molar-refractivity contribution in [2.24, 2.45) is 0 Å². The van der Waals surface area contributed by atoms with E-state index in [2.05, 4.69) is 5.73 Å². The van der Waals surface area contributed by atoms with Crippen molar-refractivity contribution < 1.29 is 15.6 Å². The van der Waals surface area contributed by atoms with Crippen LogP contribution < -0.4 is 10.5 Å². The molecule has 0 bridgehead atoms. The number of hydrogen-bond donors (Lipinski definition) is 2. The number of aryl methyl sites for hydroxylation is 1. The first-order valence-electron chi connectivity index (χ1n) is 3.85. The summed E-state index contributed by atoms with van der Waals surface area (Å²) >= 11 is 0. The molecule has 0 heterocycles. The molecule has 0 unspecified atom stereocenters. The minimum Gasteiger partial charge on any atom is -0.507 e. The molecule has 0 saturated carbocycles. The van der Waals surface area contributed by atoms with E-state index < -0.39 is 0 Å². The Morgan fingerprint density at radius 2 is 2.17 bits per heavy atom. The third-order valence-electron chi connectivity index (χ3n) is 1.91. The lowest BCUT2D eigenvalue weighted by Crippen LogP contribution is -2.47. The van der Waals surface area contributed by atoms with Crippen molar-refractivity contribution in [3.05, 3.63) is 23.3 Å². The van der Waals surface area contributed by atoms with E-state index in [0.717, 1.165) is 11.1 Å². The molecule has 66 valence electrons. The summed E-state index contributed by atoms with van der Waals surface area (Å²) in [5, 5.41) is 9.59. The van der Waals surface area contributed by atoms with Crippen LogP contribution in [0.2, 0.25) is 0 Å². The molecule has 0 fully saturated rings. The van der Waals surface area contributed by atoms with Crippen LogP contribution in [0.3, 0.4) is 0 Å². The molecule has 0 aliphatic rings. The van der Waals surface area contributed by atoms with Crippen LogP contribution in [0.5, 0.6) is 11.5 Å². The highest BCUT2D eigenvalue weighted by Crippen LogP contribution is 2.29. The topological polar surface area (TPSA) is 57.1 Å². The Balaban J connectivity index is 3.25. The first-order chi connectivity index (χ1) is 5.70. The molecule has 3 heteroatoms. The van der Waals surface area contributed by atoms with Crippen LogP contribution in [0.4, 0.5) is 0 Å². The number of hydrogen-bond acceptors (Lipinski definition) is 2. The lowest BCUT2D eigenvalue weighted by atomic mass is 10.1. The highest BCUT2D eigenvalue weighted by molar-refractivity contribution is 5.48. The van der Waals surface area contributed by atoms with E-state index in [0.29, 0.717) is 18.0 Å². The monoisotopic (exact) mass is 168 g/mol. The van der Waals surface area contributed by atoms with Crippen LogP contribution >= 0.6 is 0 Å². The smallest absolute Gasteiger partial charge is 0.131 e. The Morgan fingerprint density at radius 1 is 1.50 bits per heavy atom. The summed E-state index contributed by atoms with van der Waals surface area (Å²) in [5.41, 5.74) is 5.36. The molecule has 1 aromatic rings. The van der Waals surface area contributed by atoms with E-state index >= 15 is 0 Å². The van der Waals surface area contributed by atoms with Gasteiger partial charge in [-0.05, 0) is 18.6 Å². The van der Waals surface area contributed by atoms with Crippen molar-refractivity contribution in [2.45, 2.75) is 13.5 Å². The second kappa shape index (κ2) is 3.45. The van der Waals surface area contributed by atoms with Gasteiger partial charge in [0.05, 0.1) is 12.7 Å². The molecule has 1 aromatic carbocycles. The van der Waals surface area contributed by atoms with Crippen LogP contribution in [0.25, 0.3) is 0 Å². The molecule has 0 aromatic heterocycles. The van der Waals surface area contributed by atoms with Gasteiger partial charge in [-0.25, -0.2) is 0 Å². The first-order valence-corrected chi connectivity index (χ1v) is 3.85. The number of aromatic hydroxyl groups is 1. The summed E-state index contributed by atoms with van der Waals surface area (Å²) < 4.78 is 5.07. The number of ether oxygens (including phenoxy) is 1. The molecule has 12 heavy (non-hydrogen) atoms. The fourth-order valence-corrected chi connectivity index (χ4v) is 1.17. The van der Waals surface area contributed by atoms with Gasteiger partial charge in [-0.3, -0.25) is 0 Å². The van der Waals surface area contributed by atoms with E-state index in [1.165, 1.54) is 0 Å². The minimum absolute atomic E-state index is 0.296. The van der Waals surface area contributed by atoms with Crippen LogP contribution in [-0.4, -0.2) is 12.2 Å². The van der Waals surface area contributed by atoms with Gasteiger partial charge in [0.1, 0.15) is 18.0 Å². The molecule has 4 N–H and O–H groups in total. The Hall–Kier alpha value is -1.22. The van der Waals surface area contributed by atoms with Crippen LogP contribution in [-0.2, 0) is 6.54 Å². The van der Waals surface area contributed by atoms with Gasteiger partial charge in [-0.1, -0.05) is 6.07 Å². The maximum Gasteiger partial charge on any atom is 0.131 e. The predicted molar refractivity (Wildman–Crippen MR) is 46.0 cm³/mol. The van der Waals surface area contributed by atoms with Crippen LogP contribution in [0, 0.1) is 6.92 Å². The second-order valence-corrected chi connectivity index (χ2v) is 2.66. The Bertz CT molecular complexity index is 284. The molecule has 0 aliphatic heterocycles. The van der Waals surface area contributed by atoms with E-state index in [-0.39, 0.29) is 0 Å². The Morgan fingerprint density at radius 3 is 2.67 bits per heavy atom. The van der Waals surface area contributed by atoms with Crippen LogP contribution in [0.1, 0.15) is 11.1 Å². The second-order valence-electron chi connectivity index (χ2n) is 2.66. The SMILES string of the molecule is COc1ccc(C)c(O)c1C[NH3+]. The Kier molecular flexibility index (Phi) is 2.55. The molecular weight excluding hydrogens is 154 g/mol. The average Bonchev–Trinajstić information content (AvgIpc) is 2.09. The van der Waals surface area contributed by atoms with Crippen molar-refractivity contribution in [3.8, 4) is 11.5 Å². The van der Waals surface area contributed by atoms with Gasteiger partial charge in [0.15, 0.2) is 0 Å². The van der Waals surface area contributed by atoms with Gasteiger partial charge in [-0.15, -0.1) is 0 Å². The molecule has 0 spiro atoms. The van der Waals surface area contributed by atoms with Crippen molar-refractivity contribution in [2.75, 3.05) is 7.11 Å². The van der Waals surface area contributed by atoms with Gasteiger partial charge in [0.2, 0.25) is 0 Å². The van der Waals surface area contributed by atoms with Gasteiger partial charge >= 0.3 is 0 Å². The standard InChI is InChI=1S/C9H13NO2/c1-6-3-4-8(12-2)7(5-10)9(6)11/h3-4,11H,5,10H2,1-2H3/p+1. The highest BCUT2D eigenvalue weighted by atomic mass is 16.5. The summed E-state index contributed by atoms with van der Waals surface area (Å²) in [6.45, 7) is 2.39. The molecule has 0 radical (unpaired) electrons.